The van der Waals surface area contributed by atoms with Crippen LogP contribution in [-0.4, -0.2) is 29.2 Å². The zero-order valence-corrected chi connectivity index (χ0v) is 10.8. The molecule has 0 fully saturated rings. The Kier molecular flexibility index (Phi) is 3.88. The number of carbonyl (C=O) groups is 1. The fourth-order valence-corrected chi connectivity index (χ4v) is 2.10. The highest BCUT2D eigenvalue weighted by molar-refractivity contribution is 5.73. The lowest BCUT2D eigenvalue weighted by molar-refractivity contribution is -0.384. The normalized spacial score (nSPS) is 20.6. The molecule has 2 N–H and O–H groups in total. The minimum Gasteiger partial charge on any atom is -0.496 e. The van der Waals surface area contributed by atoms with Crippen LogP contribution in [0.2, 0.25) is 0 Å². The first-order valence-electron chi connectivity index (χ1n) is 6.01. The number of aliphatic carboxylic acids is 1. The van der Waals surface area contributed by atoms with E-state index in [1.54, 1.807) is 24.3 Å². The van der Waals surface area contributed by atoms with Gasteiger partial charge in [-0.25, -0.2) is 0 Å². The minimum absolute atomic E-state index is 0.100. The van der Waals surface area contributed by atoms with Crippen molar-refractivity contribution in [3.05, 3.63) is 40.5 Å². The molecule has 1 aromatic carbocycles. The van der Waals surface area contributed by atoms with Crippen molar-refractivity contribution in [2.24, 2.45) is 5.92 Å². The zero-order chi connectivity index (χ0) is 14.7. The van der Waals surface area contributed by atoms with Crippen LogP contribution in [0.1, 0.15) is 6.42 Å². The first-order chi connectivity index (χ1) is 9.51. The SMILES string of the molecule is COc1ccc(NC2C=CC(C(=O)O)C2)c([N+](=O)[O-])c1. The summed E-state index contributed by atoms with van der Waals surface area (Å²) in [5.74, 6) is -1.05. The Labute approximate surface area is 115 Å². The molecule has 0 aromatic heterocycles. The van der Waals surface area contributed by atoms with Gasteiger partial charge in [-0.15, -0.1) is 0 Å². The zero-order valence-electron chi connectivity index (χ0n) is 10.8. The highest BCUT2D eigenvalue weighted by atomic mass is 16.6. The van der Waals surface area contributed by atoms with Gasteiger partial charge in [-0.05, 0) is 18.6 Å². The lowest BCUT2D eigenvalue weighted by Crippen LogP contribution is -2.19. The molecule has 106 valence electrons. The van der Waals surface area contributed by atoms with Crippen LogP contribution < -0.4 is 10.1 Å². The largest absolute Gasteiger partial charge is 0.496 e. The second-order valence-electron chi connectivity index (χ2n) is 4.46. The molecule has 2 rings (SSSR count). The predicted molar refractivity (Wildman–Crippen MR) is 71.9 cm³/mol. The molecular weight excluding hydrogens is 264 g/mol. The van der Waals surface area contributed by atoms with E-state index in [9.17, 15) is 14.9 Å². The van der Waals surface area contributed by atoms with Crippen LogP contribution in [0.15, 0.2) is 30.4 Å². The number of carboxylic acid groups (broad SMARTS) is 1. The van der Waals surface area contributed by atoms with Crippen molar-refractivity contribution in [2.75, 3.05) is 12.4 Å². The minimum atomic E-state index is -0.894. The van der Waals surface area contributed by atoms with Crippen molar-refractivity contribution in [3.63, 3.8) is 0 Å². The van der Waals surface area contributed by atoms with Crippen LogP contribution in [0.4, 0.5) is 11.4 Å². The second kappa shape index (κ2) is 5.60. The third-order valence-corrected chi connectivity index (χ3v) is 3.14. The van der Waals surface area contributed by atoms with Gasteiger partial charge in [0, 0.05) is 6.04 Å². The monoisotopic (exact) mass is 278 g/mol. The Hall–Kier alpha value is -2.57. The van der Waals surface area contributed by atoms with Crippen molar-refractivity contribution in [2.45, 2.75) is 12.5 Å². The van der Waals surface area contributed by atoms with Gasteiger partial charge in [0.25, 0.3) is 5.69 Å². The van der Waals surface area contributed by atoms with E-state index in [0.717, 1.165) is 0 Å². The lowest BCUT2D eigenvalue weighted by Gasteiger charge is -2.14. The fourth-order valence-electron chi connectivity index (χ4n) is 2.10. The van der Waals surface area contributed by atoms with Gasteiger partial charge in [0.2, 0.25) is 0 Å². The predicted octanol–water partition coefficient (Wildman–Crippen LogP) is 2.04. The maximum atomic E-state index is 11.0. The Balaban J connectivity index is 2.16. The van der Waals surface area contributed by atoms with Gasteiger partial charge in [-0.1, -0.05) is 12.2 Å². The number of ether oxygens (including phenoxy) is 1. The molecule has 0 saturated carbocycles. The van der Waals surface area contributed by atoms with Crippen molar-refractivity contribution >= 4 is 17.3 Å². The number of nitrogens with one attached hydrogen (secondary N) is 1. The molecule has 2 atom stereocenters. The number of rotatable bonds is 5. The molecule has 20 heavy (non-hydrogen) atoms. The Morgan fingerprint density at radius 3 is 2.80 bits per heavy atom. The van der Waals surface area contributed by atoms with E-state index >= 15 is 0 Å². The van der Waals surface area contributed by atoms with E-state index in [2.05, 4.69) is 5.32 Å². The number of methoxy groups -OCH3 is 1. The highest BCUT2D eigenvalue weighted by Crippen LogP contribution is 2.31. The van der Waals surface area contributed by atoms with E-state index < -0.39 is 16.8 Å². The summed E-state index contributed by atoms with van der Waals surface area (Å²) in [6.45, 7) is 0. The molecular formula is C13H14N2O5. The summed E-state index contributed by atoms with van der Waals surface area (Å²) >= 11 is 0. The first-order valence-corrected chi connectivity index (χ1v) is 6.01. The smallest absolute Gasteiger partial charge is 0.310 e. The third kappa shape index (κ3) is 2.87. The summed E-state index contributed by atoms with van der Waals surface area (Å²) in [5, 5.41) is 22.9. The third-order valence-electron chi connectivity index (χ3n) is 3.14. The summed E-state index contributed by atoms with van der Waals surface area (Å²) in [5.41, 5.74) is 0.244. The molecule has 1 aliphatic carbocycles. The molecule has 2 unspecified atom stereocenters. The van der Waals surface area contributed by atoms with E-state index in [4.69, 9.17) is 9.84 Å². The molecule has 7 heteroatoms. The van der Waals surface area contributed by atoms with Gasteiger partial charge >= 0.3 is 5.97 Å². The topological polar surface area (TPSA) is 102 Å². The van der Waals surface area contributed by atoms with Crippen LogP contribution in [0, 0.1) is 16.0 Å². The summed E-state index contributed by atoms with van der Waals surface area (Å²) < 4.78 is 4.95. The molecule has 0 radical (unpaired) electrons. The van der Waals surface area contributed by atoms with Crippen LogP contribution in [0.5, 0.6) is 5.75 Å². The van der Waals surface area contributed by atoms with Crippen molar-refractivity contribution < 1.29 is 19.6 Å². The van der Waals surface area contributed by atoms with Crippen LogP contribution >= 0.6 is 0 Å². The van der Waals surface area contributed by atoms with Crippen LogP contribution in [-0.2, 0) is 4.79 Å². The van der Waals surface area contributed by atoms with Gasteiger partial charge in [-0.3, -0.25) is 14.9 Å². The fraction of sp³-hybridized carbons (Fsp3) is 0.308. The number of nitro groups is 1. The summed E-state index contributed by atoms with van der Waals surface area (Å²) in [6.07, 6.45) is 3.68. The Morgan fingerprint density at radius 2 is 2.25 bits per heavy atom. The standard InChI is InChI=1S/C13H14N2O5/c1-20-10-4-5-11(12(7-10)15(18)19)14-9-3-2-8(6-9)13(16)17/h2-5,7-9,14H,6H2,1H3,(H,16,17). The average molecular weight is 278 g/mol. The number of nitrogens with zero attached hydrogens (tertiary/aromatic N) is 1. The van der Waals surface area contributed by atoms with Gasteiger partial charge in [-0.2, -0.15) is 0 Å². The van der Waals surface area contributed by atoms with Crippen molar-refractivity contribution in [1.29, 1.82) is 0 Å². The number of hydrogen-bond donors (Lipinski definition) is 2. The van der Waals surface area contributed by atoms with Gasteiger partial charge in [0.1, 0.15) is 11.4 Å². The van der Waals surface area contributed by atoms with E-state index in [1.165, 1.54) is 13.2 Å². The average Bonchev–Trinajstić information content (AvgIpc) is 2.87. The van der Waals surface area contributed by atoms with Gasteiger partial charge in [0.05, 0.1) is 24.0 Å². The molecule has 0 saturated heterocycles. The summed E-state index contributed by atoms with van der Waals surface area (Å²) in [4.78, 5) is 21.4. The highest BCUT2D eigenvalue weighted by Gasteiger charge is 2.26. The summed E-state index contributed by atoms with van der Waals surface area (Å²) in [7, 11) is 1.43. The number of nitro benzene ring substituents is 1. The molecule has 0 amide bonds. The first kappa shape index (κ1) is 13.9. The van der Waals surface area contributed by atoms with Gasteiger partial charge in [0.15, 0.2) is 0 Å². The molecule has 7 nitrogen and oxygen atoms in total. The van der Waals surface area contributed by atoms with Gasteiger partial charge < -0.3 is 15.2 Å². The molecule has 0 aliphatic heterocycles. The van der Waals surface area contributed by atoms with Crippen molar-refractivity contribution in [1.82, 2.24) is 0 Å². The number of anilines is 1. The molecule has 0 spiro atoms. The molecule has 0 heterocycles. The van der Waals surface area contributed by atoms with Crippen LogP contribution in [0.25, 0.3) is 0 Å². The molecule has 1 aromatic rings. The maximum absolute atomic E-state index is 11.0. The van der Waals surface area contributed by atoms with Crippen LogP contribution in [0.3, 0.4) is 0 Å². The van der Waals surface area contributed by atoms with Crippen molar-refractivity contribution in [3.8, 4) is 5.75 Å². The maximum Gasteiger partial charge on any atom is 0.310 e. The Bertz CT molecular complexity index is 570. The number of benzene rings is 1. The lowest BCUT2D eigenvalue weighted by atomic mass is 10.1. The number of carboxylic acids is 1. The number of hydrogen-bond acceptors (Lipinski definition) is 5. The molecule has 1 aliphatic rings. The summed E-state index contributed by atoms with van der Waals surface area (Å²) in [6, 6.07) is 4.26. The van der Waals surface area contributed by atoms with E-state index in [-0.39, 0.29) is 11.7 Å². The second-order valence-corrected chi connectivity index (χ2v) is 4.46. The molecule has 0 bridgehead atoms. The Morgan fingerprint density at radius 1 is 1.50 bits per heavy atom. The quantitative estimate of drug-likeness (QED) is 0.485. The van der Waals surface area contributed by atoms with E-state index in [1.807, 2.05) is 0 Å². The van der Waals surface area contributed by atoms with E-state index in [0.29, 0.717) is 17.9 Å².